The van der Waals surface area contributed by atoms with Gasteiger partial charge in [0.2, 0.25) is 5.91 Å². The Hall–Kier alpha value is -2.04. The lowest BCUT2D eigenvalue weighted by atomic mass is 9.89. The van der Waals surface area contributed by atoms with Gasteiger partial charge in [-0.05, 0) is 36.5 Å². The Kier molecular flexibility index (Phi) is 6.64. The van der Waals surface area contributed by atoms with Crippen molar-refractivity contribution in [2.45, 2.75) is 51.9 Å². The van der Waals surface area contributed by atoms with E-state index in [4.69, 9.17) is 0 Å². The summed E-state index contributed by atoms with van der Waals surface area (Å²) >= 11 is 0. The molecule has 2 rings (SSSR count). The zero-order valence-corrected chi connectivity index (χ0v) is 14.6. The van der Waals surface area contributed by atoms with Crippen LogP contribution in [0.5, 0.6) is 5.75 Å². The van der Waals surface area contributed by atoms with Crippen LogP contribution in [0.2, 0.25) is 0 Å². The maximum Gasteiger partial charge on any atom is 0.255 e. The van der Waals surface area contributed by atoms with E-state index in [1.165, 1.54) is 6.42 Å². The number of phenols is 1. The topological polar surface area (TPSA) is 78.4 Å². The smallest absolute Gasteiger partial charge is 0.255 e. The summed E-state index contributed by atoms with van der Waals surface area (Å²) < 4.78 is 0. The van der Waals surface area contributed by atoms with E-state index in [-0.39, 0.29) is 29.0 Å². The lowest BCUT2D eigenvalue weighted by molar-refractivity contribution is -0.125. The number of carbonyl (C=O) groups excluding carboxylic acids is 2. The molecule has 1 aromatic carbocycles. The van der Waals surface area contributed by atoms with Gasteiger partial charge in [0, 0.05) is 19.0 Å². The molecule has 0 bridgehead atoms. The molecule has 0 heterocycles. The molecule has 0 atom stereocenters. The lowest BCUT2D eigenvalue weighted by Crippen LogP contribution is -2.38. The van der Waals surface area contributed by atoms with Gasteiger partial charge in [-0.15, -0.1) is 0 Å². The standard InChI is InChI=1S/C19H28N2O3/c1-13(2)15-8-9-16(17(22)12-15)19(24)21-11-10-20-18(23)14-6-4-3-5-7-14/h8-9,12-14,22H,3-7,10-11H2,1-2H3,(H,20,23)(H,21,24). The molecule has 2 amide bonds. The highest BCUT2D eigenvalue weighted by Crippen LogP contribution is 2.24. The molecule has 5 nitrogen and oxygen atoms in total. The zero-order chi connectivity index (χ0) is 17.5. The molecule has 1 aliphatic rings. The maximum atomic E-state index is 12.1. The molecule has 0 unspecified atom stereocenters. The van der Waals surface area contributed by atoms with Crippen LogP contribution < -0.4 is 10.6 Å². The summed E-state index contributed by atoms with van der Waals surface area (Å²) in [5.41, 5.74) is 1.25. The van der Waals surface area contributed by atoms with Crippen molar-refractivity contribution in [3.05, 3.63) is 29.3 Å². The van der Waals surface area contributed by atoms with Gasteiger partial charge in [-0.3, -0.25) is 9.59 Å². The molecule has 0 spiro atoms. The van der Waals surface area contributed by atoms with Crippen LogP contribution in [-0.4, -0.2) is 30.0 Å². The molecule has 0 saturated heterocycles. The molecule has 132 valence electrons. The van der Waals surface area contributed by atoms with Gasteiger partial charge in [0.25, 0.3) is 5.91 Å². The van der Waals surface area contributed by atoms with Crippen LogP contribution in [0.15, 0.2) is 18.2 Å². The first-order valence-electron chi connectivity index (χ1n) is 8.88. The number of phenolic OH excluding ortho intramolecular Hbond substituents is 1. The molecule has 3 N–H and O–H groups in total. The van der Waals surface area contributed by atoms with Crippen molar-refractivity contribution in [1.82, 2.24) is 10.6 Å². The number of nitrogens with one attached hydrogen (secondary N) is 2. The summed E-state index contributed by atoms with van der Waals surface area (Å²) in [6, 6.07) is 5.12. The fourth-order valence-corrected chi connectivity index (χ4v) is 3.07. The average molecular weight is 332 g/mol. The summed E-state index contributed by atoms with van der Waals surface area (Å²) in [7, 11) is 0. The number of hydrogen-bond acceptors (Lipinski definition) is 3. The van der Waals surface area contributed by atoms with Gasteiger partial charge in [0.15, 0.2) is 0 Å². The number of aromatic hydroxyl groups is 1. The third-order valence-corrected chi connectivity index (χ3v) is 4.62. The molecule has 1 fully saturated rings. The first kappa shape index (κ1) is 18.3. The van der Waals surface area contributed by atoms with Gasteiger partial charge in [-0.25, -0.2) is 0 Å². The quantitative estimate of drug-likeness (QED) is 0.701. The van der Waals surface area contributed by atoms with Crippen LogP contribution in [0.3, 0.4) is 0 Å². The van der Waals surface area contributed by atoms with Crippen molar-refractivity contribution in [2.24, 2.45) is 5.92 Å². The Balaban J connectivity index is 1.76. The molecule has 24 heavy (non-hydrogen) atoms. The molecule has 1 aliphatic carbocycles. The highest BCUT2D eigenvalue weighted by atomic mass is 16.3. The van der Waals surface area contributed by atoms with E-state index >= 15 is 0 Å². The molecular weight excluding hydrogens is 304 g/mol. The highest BCUT2D eigenvalue weighted by Gasteiger charge is 2.20. The van der Waals surface area contributed by atoms with E-state index in [2.05, 4.69) is 10.6 Å². The number of rotatable bonds is 6. The van der Waals surface area contributed by atoms with E-state index < -0.39 is 0 Å². The minimum atomic E-state index is -0.324. The van der Waals surface area contributed by atoms with Gasteiger partial charge < -0.3 is 15.7 Å². The third kappa shape index (κ3) is 4.98. The van der Waals surface area contributed by atoms with Crippen molar-refractivity contribution in [2.75, 3.05) is 13.1 Å². The van der Waals surface area contributed by atoms with Crippen LogP contribution in [0, 0.1) is 5.92 Å². The Morgan fingerprint density at radius 1 is 1.12 bits per heavy atom. The van der Waals surface area contributed by atoms with Crippen LogP contribution in [0.4, 0.5) is 0 Å². The van der Waals surface area contributed by atoms with Crippen molar-refractivity contribution in [3.8, 4) is 5.75 Å². The fourth-order valence-electron chi connectivity index (χ4n) is 3.07. The lowest BCUT2D eigenvalue weighted by Gasteiger charge is -2.20. The molecule has 0 radical (unpaired) electrons. The predicted octanol–water partition coefficient (Wildman–Crippen LogP) is 2.94. The van der Waals surface area contributed by atoms with Gasteiger partial charge in [0.1, 0.15) is 5.75 Å². The van der Waals surface area contributed by atoms with E-state index in [1.807, 2.05) is 19.9 Å². The van der Waals surface area contributed by atoms with Crippen molar-refractivity contribution in [1.29, 1.82) is 0 Å². The van der Waals surface area contributed by atoms with E-state index in [1.54, 1.807) is 12.1 Å². The summed E-state index contributed by atoms with van der Waals surface area (Å²) in [6.45, 7) is 4.82. The van der Waals surface area contributed by atoms with Crippen molar-refractivity contribution < 1.29 is 14.7 Å². The Labute approximate surface area is 143 Å². The third-order valence-electron chi connectivity index (χ3n) is 4.62. The second-order valence-corrected chi connectivity index (χ2v) is 6.81. The summed E-state index contributed by atoms with van der Waals surface area (Å²) in [5.74, 6) is 0.179. The average Bonchev–Trinajstić information content (AvgIpc) is 2.58. The highest BCUT2D eigenvalue weighted by molar-refractivity contribution is 5.96. The second kappa shape index (κ2) is 8.71. The van der Waals surface area contributed by atoms with Crippen LogP contribution >= 0.6 is 0 Å². The summed E-state index contributed by atoms with van der Waals surface area (Å²) in [4.78, 5) is 24.1. The van der Waals surface area contributed by atoms with Crippen LogP contribution in [-0.2, 0) is 4.79 Å². The number of amides is 2. The molecular formula is C19H28N2O3. The molecule has 0 aromatic heterocycles. The van der Waals surface area contributed by atoms with Crippen LogP contribution in [0.25, 0.3) is 0 Å². The number of hydrogen-bond donors (Lipinski definition) is 3. The fraction of sp³-hybridized carbons (Fsp3) is 0.579. The SMILES string of the molecule is CC(C)c1ccc(C(=O)NCCNC(=O)C2CCCCC2)c(O)c1. The molecule has 1 saturated carbocycles. The predicted molar refractivity (Wildman–Crippen MR) is 94.1 cm³/mol. The minimum absolute atomic E-state index is 0.00931. The Bertz CT molecular complexity index is 578. The molecule has 0 aliphatic heterocycles. The molecule has 5 heteroatoms. The van der Waals surface area contributed by atoms with Crippen molar-refractivity contribution >= 4 is 11.8 Å². The minimum Gasteiger partial charge on any atom is -0.507 e. The second-order valence-electron chi connectivity index (χ2n) is 6.81. The summed E-state index contributed by atoms with van der Waals surface area (Å²) in [5, 5.41) is 15.6. The van der Waals surface area contributed by atoms with E-state index in [9.17, 15) is 14.7 Å². The zero-order valence-electron chi connectivity index (χ0n) is 14.6. The van der Waals surface area contributed by atoms with Crippen LogP contribution in [0.1, 0.15) is 67.8 Å². The van der Waals surface area contributed by atoms with E-state index in [0.29, 0.717) is 19.0 Å². The largest absolute Gasteiger partial charge is 0.507 e. The number of benzene rings is 1. The van der Waals surface area contributed by atoms with Gasteiger partial charge in [0.05, 0.1) is 5.56 Å². The first-order chi connectivity index (χ1) is 11.5. The monoisotopic (exact) mass is 332 g/mol. The van der Waals surface area contributed by atoms with Gasteiger partial charge >= 0.3 is 0 Å². The van der Waals surface area contributed by atoms with E-state index in [0.717, 1.165) is 31.2 Å². The summed E-state index contributed by atoms with van der Waals surface area (Å²) in [6.07, 6.45) is 5.41. The Morgan fingerprint density at radius 3 is 2.42 bits per heavy atom. The first-order valence-corrected chi connectivity index (χ1v) is 8.88. The number of carbonyl (C=O) groups is 2. The Morgan fingerprint density at radius 2 is 1.79 bits per heavy atom. The molecule has 1 aromatic rings. The van der Waals surface area contributed by atoms with Gasteiger partial charge in [-0.2, -0.15) is 0 Å². The maximum absolute atomic E-state index is 12.1. The normalized spacial score (nSPS) is 15.3. The van der Waals surface area contributed by atoms with Gasteiger partial charge in [-0.1, -0.05) is 39.2 Å². The van der Waals surface area contributed by atoms with Crippen molar-refractivity contribution in [3.63, 3.8) is 0 Å².